The molecule has 5 rings (SSSR count). The van der Waals surface area contributed by atoms with E-state index in [1.807, 2.05) is 66.7 Å². The van der Waals surface area contributed by atoms with E-state index in [9.17, 15) is 4.79 Å². The monoisotopic (exact) mass is 473 g/mol. The summed E-state index contributed by atoms with van der Waals surface area (Å²) < 4.78 is 5.68. The number of thiophene rings is 1. The minimum absolute atomic E-state index is 0.266. The van der Waals surface area contributed by atoms with Gasteiger partial charge in [-0.05, 0) is 54.4 Å². The summed E-state index contributed by atoms with van der Waals surface area (Å²) >= 11 is 7.32. The molecule has 3 aromatic heterocycles. The molecular formula is C26H20ClN3O2S. The van der Waals surface area contributed by atoms with Crippen LogP contribution in [-0.2, 0) is 6.42 Å². The molecule has 0 saturated heterocycles. The number of halogens is 1. The number of aromatic nitrogens is 1. The van der Waals surface area contributed by atoms with E-state index < -0.39 is 0 Å². The molecule has 0 fully saturated rings. The Labute approximate surface area is 199 Å². The first-order chi connectivity index (χ1) is 16.0. The molecule has 0 spiro atoms. The van der Waals surface area contributed by atoms with E-state index in [0.717, 1.165) is 28.9 Å². The third-order valence-corrected chi connectivity index (χ3v) is 6.80. The zero-order valence-electron chi connectivity index (χ0n) is 17.8. The van der Waals surface area contributed by atoms with Crippen LogP contribution in [0.4, 0.5) is 11.4 Å². The van der Waals surface area contributed by atoms with Gasteiger partial charge in [0.25, 0.3) is 5.91 Å². The minimum atomic E-state index is -0.266. The number of fused-ring (bicyclic) bond motifs is 1. The first-order valence-corrected chi connectivity index (χ1v) is 11.7. The van der Waals surface area contributed by atoms with Gasteiger partial charge in [-0.15, -0.1) is 11.3 Å². The van der Waals surface area contributed by atoms with E-state index in [4.69, 9.17) is 26.7 Å². The molecule has 0 unspecified atom stereocenters. The van der Waals surface area contributed by atoms with E-state index in [2.05, 4.69) is 12.2 Å². The lowest BCUT2D eigenvalue weighted by molar-refractivity contribution is 0.103. The van der Waals surface area contributed by atoms with Gasteiger partial charge in [0.1, 0.15) is 15.5 Å². The second-order valence-electron chi connectivity index (χ2n) is 7.57. The number of aryl methyl sites for hydroxylation is 1. The Balaban J connectivity index is 1.61. The molecule has 33 heavy (non-hydrogen) atoms. The molecule has 0 saturated carbocycles. The summed E-state index contributed by atoms with van der Waals surface area (Å²) in [5, 5.41) is 4.30. The number of furan rings is 1. The number of nitrogens with one attached hydrogen (secondary N) is 1. The molecule has 5 nitrogen and oxygen atoms in total. The molecule has 164 valence electrons. The molecule has 0 radical (unpaired) electrons. The Kier molecular flexibility index (Phi) is 5.62. The third-order valence-electron chi connectivity index (χ3n) is 5.45. The maximum Gasteiger partial charge on any atom is 0.267 e. The summed E-state index contributed by atoms with van der Waals surface area (Å²) in [4.78, 5) is 19.0. The van der Waals surface area contributed by atoms with Crippen molar-refractivity contribution >= 4 is 50.4 Å². The molecule has 0 aliphatic rings. The maximum atomic E-state index is 13.1. The molecule has 0 aliphatic heterocycles. The summed E-state index contributed by atoms with van der Waals surface area (Å²) in [6.45, 7) is 2.09. The second kappa shape index (κ2) is 8.73. The van der Waals surface area contributed by atoms with Crippen molar-refractivity contribution in [3.8, 4) is 22.6 Å². The summed E-state index contributed by atoms with van der Waals surface area (Å²) in [5.74, 6) is 0.391. The third kappa shape index (κ3) is 4.11. The van der Waals surface area contributed by atoms with Crippen LogP contribution in [0.5, 0.6) is 0 Å². The van der Waals surface area contributed by atoms with Crippen molar-refractivity contribution in [3.63, 3.8) is 0 Å². The Morgan fingerprint density at radius 3 is 2.55 bits per heavy atom. The average molecular weight is 474 g/mol. The fraction of sp³-hybridized carbons (Fsp3) is 0.0769. The number of pyridine rings is 1. The summed E-state index contributed by atoms with van der Waals surface area (Å²) in [6.07, 6.45) is 2.55. The quantitative estimate of drug-likeness (QED) is 0.281. The van der Waals surface area contributed by atoms with Crippen LogP contribution in [0.3, 0.4) is 0 Å². The van der Waals surface area contributed by atoms with Crippen molar-refractivity contribution in [2.45, 2.75) is 13.3 Å². The number of rotatable bonds is 5. The topological polar surface area (TPSA) is 81.2 Å². The molecule has 0 bridgehead atoms. The number of hydrogen-bond acceptors (Lipinski definition) is 5. The number of nitrogens with two attached hydrogens (primary N) is 1. The standard InChI is InChI=1S/C26H20ClN3O2S/c1-2-15-5-11-18(12-6-15)29-25(31)24-23(28)22-19(21-4-3-13-32-21)14-20(30-26(22)33-24)16-7-9-17(27)10-8-16/h3-14H,2,28H2,1H3,(H,29,31). The largest absolute Gasteiger partial charge is 0.464 e. The van der Waals surface area contributed by atoms with Gasteiger partial charge in [0.2, 0.25) is 0 Å². The van der Waals surface area contributed by atoms with Crippen molar-refractivity contribution in [1.29, 1.82) is 0 Å². The van der Waals surface area contributed by atoms with Crippen LogP contribution >= 0.6 is 22.9 Å². The Bertz CT molecular complexity index is 1440. The van der Waals surface area contributed by atoms with Gasteiger partial charge in [-0.25, -0.2) is 4.98 Å². The van der Waals surface area contributed by atoms with Crippen LogP contribution in [0.2, 0.25) is 5.02 Å². The van der Waals surface area contributed by atoms with E-state index >= 15 is 0 Å². The molecule has 3 heterocycles. The SMILES string of the molecule is CCc1ccc(NC(=O)c2sc3nc(-c4ccc(Cl)cc4)cc(-c4ccco4)c3c2N)cc1. The van der Waals surface area contributed by atoms with Crippen molar-refractivity contribution in [2.24, 2.45) is 0 Å². The lowest BCUT2D eigenvalue weighted by Crippen LogP contribution is -2.11. The van der Waals surface area contributed by atoms with E-state index in [1.165, 1.54) is 16.9 Å². The first kappa shape index (κ1) is 21.2. The van der Waals surface area contributed by atoms with E-state index in [1.54, 1.807) is 6.26 Å². The Morgan fingerprint density at radius 1 is 1.12 bits per heavy atom. The molecule has 2 aromatic carbocycles. The van der Waals surface area contributed by atoms with Gasteiger partial charge in [-0.3, -0.25) is 4.79 Å². The lowest BCUT2D eigenvalue weighted by atomic mass is 10.0. The van der Waals surface area contributed by atoms with Crippen LogP contribution in [-0.4, -0.2) is 10.9 Å². The van der Waals surface area contributed by atoms with Gasteiger partial charge in [0, 0.05) is 27.2 Å². The summed E-state index contributed by atoms with van der Waals surface area (Å²) in [5.41, 5.74) is 11.3. The predicted octanol–water partition coefficient (Wildman–Crippen LogP) is 7.27. The van der Waals surface area contributed by atoms with Crippen molar-refractivity contribution < 1.29 is 9.21 Å². The number of anilines is 2. The highest BCUT2D eigenvalue weighted by Gasteiger charge is 2.22. The van der Waals surface area contributed by atoms with Crippen molar-refractivity contribution in [3.05, 3.63) is 88.5 Å². The highest BCUT2D eigenvalue weighted by molar-refractivity contribution is 7.21. The van der Waals surface area contributed by atoms with Gasteiger partial charge in [0.15, 0.2) is 0 Å². The predicted molar refractivity (Wildman–Crippen MR) is 136 cm³/mol. The van der Waals surface area contributed by atoms with Gasteiger partial charge in [0.05, 0.1) is 17.6 Å². The number of nitrogen functional groups attached to an aromatic ring is 1. The van der Waals surface area contributed by atoms with Gasteiger partial charge in [-0.1, -0.05) is 42.8 Å². The fourth-order valence-corrected chi connectivity index (χ4v) is 4.84. The summed E-state index contributed by atoms with van der Waals surface area (Å²) in [7, 11) is 0. The number of carbonyl (C=O) groups is 1. The fourth-order valence-electron chi connectivity index (χ4n) is 3.70. The van der Waals surface area contributed by atoms with E-state index in [0.29, 0.717) is 31.6 Å². The van der Waals surface area contributed by atoms with Gasteiger partial charge < -0.3 is 15.5 Å². The lowest BCUT2D eigenvalue weighted by Gasteiger charge is -2.07. The summed E-state index contributed by atoms with van der Waals surface area (Å²) in [6, 6.07) is 20.9. The number of amides is 1. The van der Waals surface area contributed by atoms with Gasteiger partial charge in [-0.2, -0.15) is 0 Å². The maximum absolute atomic E-state index is 13.1. The first-order valence-electron chi connectivity index (χ1n) is 10.5. The second-order valence-corrected chi connectivity index (χ2v) is 9.00. The van der Waals surface area contributed by atoms with E-state index in [-0.39, 0.29) is 5.91 Å². The number of hydrogen-bond donors (Lipinski definition) is 2. The Hall–Kier alpha value is -3.61. The van der Waals surface area contributed by atoms with Crippen molar-refractivity contribution in [1.82, 2.24) is 4.98 Å². The number of carbonyl (C=O) groups excluding carboxylic acids is 1. The molecule has 0 atom stereocenters. The van der Waals surface area contributed by atoms with Crippen molar-refractivity contribution in [2.75, 3.05) is 11.1 Å². The molecular weight excluding hydrogens is 454 g/mol. The highest BCUT2D eigenvalue weighted by Crippen LogP contribution is 2.41. The van der Waals surface area contributed by atoms with Crippen LogP contribution in [0, 0.1) is 0 Å². The number of nitrogens with zero attached hydrogens (tertiary/aromatic N) is 1. The normalized spacial score (nSPS) is 11.1. The van der Waals surface area contributed by atoms with Crippen LogP contribution in [0.1, 0.15) is 22.2 Å². The molecule has 3 N–H and O–H groups in total. The zero-order chi connectivity index (χ0) is 22.9. The van der Waals surface area contributed by atoms with Gasteiger partial charge >= 0.3 is 0 Å². The Morgan fingerprint density at radius 2 is 1.88 bits per heavy atom. The number of benzene rings is 2. The zero-order valence-corrected chi connectivity index (χ0v) is 19.3. The van der Waals surface area contributed by atoms with Crippen LogP contribution < -0.4 is 11.1 Å². The van der Waals surface area contributed by atoms with Crippen LogP contribution in [0.15, 0.2) is 77.4 Å². The molecule has 1 amide bonds. The highest BCUT2D eigenvalue weighted by atomic mass is 35.5. The van der Waals surface area contributed by atoms with Crippen LogP contribution in [0.25, 0.3) is 32.8 Å². The molecule has 0 aliphatic carbocycles. The minimum Gasteiger partial charge on any atom is -0.464 e. The smallest absolute Gasteiger partial charge is 0.267 e. The molecule has 7 heteroatoms. The average Bonchev–Trinajstić information content (AvgIpc) is 3.48. The molecule has 5 aromatic rings.